The Morgan fingerprint density at radius 3 is 2.70 bits per heavy atom. The van der Waals surface area contributed by atoms with Crippen LogP contribution in [0.2, 0.25) is 0 Å². The normalized spacial score (nSPS) is 11.7. The number of carboxylic acid groups (broad SMARTS) is 1. The minimum absolute atomic E-state index is 0.0467. The second-order valence-electron chi connectivity index (χ2n) is 4.16. The lowest BCUT2D eigenvalue weighted by molar-refractivity contribution is 0.0656. The Hall–Kier alpha value is -2.13. The molecule has 0 atom stereocenters. The van der Waals surface area contributed by atoms with E-state index in [4.69, 9.17) is 9.52 Å². The zero-order chi connectivity index (χ0) is 14.9. The minimum Gasteiger partial charge on any atom is -0.475 e. The fourth-order valence-corrected chi connectivity index (χ4v) is 2.58. The van der Waals surface area contributed by atoms with Gasteiger partial charge in [0, 0.05) is 25.4 Å². The number of carboxylic acids is 1. The molecule has 0 aromatic carbocycles. The van der Waals surface area contributed by atoms with Crippen LogP contribution < -0.4 is 4.72 Å². The molecule has 0 aliphatic carbocycles. The fourth-order valence-electron chi connectivity index (χ4n) is 1.65. The molecule has 0 saturated heterocycles. The number of furan rings is 1. The zero-order valence-corrected chi connectivity index (χ0v) is 11.6. The first kappa shape index (κ1) is 14.3. The van der Waals surface area contributed by atoms with Crippen LogP contribution in [0.4, 0.5) is 0 Å². The number of aromatic carboxylic acids is 1. The van der Waals surface area contributed by atoms with Gasteiger partial charge < -0.3 is 9.52 Å². The number of nitrogens with one attached hydrogen (secondary N) is 1. The third-order valence-electron chi connectivity index (χ3n) is 2.62. The highest BCUT2D eigenvalue weighted by molar-refractivity contribution is 7.89. The third kappa shape index (κ3) is 2.89. The molecule has 0 saturated carbocycles. The van der Waals surface area contributed by atoms with Crippen LogP contribution in [0.15, 0.2) is 27.8 Å². The largest absolute Gasteiger partial charge is 0.475 e. The predicted molar refractivity (Wildman–Crippen MR) is 67.6 cm³/mol. The van der Waals surface area contributed by atoms with Gasteiger partial charge >= 0.3 is 5.97 Å². The number of aryl methyl sites for hydroxylation is 2. The molecule has 0 amide bonds. The molecule has 8 nitrogen and oxygen atoms in total. The standard InChI is InChI=1S/C11H13N3O5S/c1-7-8(6-14(2)13-7)5-12-20(17,18)10-4-3-9(19-10)11(15)16/h3-4,6,12H,5H2,1-2H3,(H,15,16). The maximum Gasteiger partial charge on any atom is 0.371 e. The molecule has 20 heavy (non-hydrogen) atoms. The predicted octanol–water partition coefficient (Wildman–Crippen LogP) is 0.498. The van der Waals surface area contributed by atoms with Crippen molar-refractivity contribution < 1.29 is 22.7 Å². The van der Waals surface area contributed by atoms with Crippen LogP contribution in [0.5, 0.6) is 0 Å². The van der Waals surface area contributed by atoms with Crippen LogP contribution in [0.1, 0.15) is 21.8 Å². The Morgan fingerprint density at radius 2 is 2.20 bits per heavy atom. The van der Waals surface area contributed by atoms with Gasteiger partial charge in [-0.3, -0.25) is 4.68 Å². The van der Waals surface area contributed by atoms with Gasteiger partial charge in [-0.15, -0.1) is 0 Å². The van der Waals surface area contributed by atoms with E-state index in [0.717, 1.165) is 17.7 Å². The van der Waals surface area contributed by atoms with Crippen molar-refractivity contribution in [2.45, 2.75) is 18.6 Å². The molecule has 0 bridgehead atoms. The summed E-state index contributed by atoms with van der Waals surface area (Å²) in [7, 11) is -2.16. The lowest BCUT2D eigenvalue weighted by Gasteiger charge is -2.02. The zero-order valence-electron chi connectivity index (χ0n) is 10.8. The van der Waals surface area contributed by atoms with Crippen molar-refractivity contribution in [1.29, 1.82) is 0 Å². The van der Waals surface area contributed by atoms with Gasteiger partial charge in [-0.25, -0.2) is 17.9 Å². The van der Waals surface area contributed by atoms with Gasteiger partial charge in [-0.2, -0.15) is 5.10 Å². The van der Waals surface area contributed by atoms with E-state index >= 15 is 0 Å². The summed E-state index contributed by atoms with van der Waals surface area (Å²) < 4.78 is 32.5. The molecule has 0 fully saturated rings. The van der Waals surface area contributed by atoms with Crippen LogP contribution in [-0.4, -0.2) is 29.3 Å². The molecule has 0 aliphatic heterocycles. The van der Waals surface area contributed by atoms with E-state index in [-0.39, 0.29) is 6.54 Å². The average molecular weight is 299 g/mol. The minimum atomic E-state index is -3.90. The van der Waals surface area contributed by atoms with Crippen molar-refractivity contribution in [1.82, 2.24) is 14.5 Å². The summed E-state index contributed by atoms with van der Waals surface area (Å²) in [4.78, 5) is 10.6. The summed E-state index contributed by atoms with van der Waals surface area (Å²) in [5.41, 5.74) is 1.43. The average Bonchev–Trinajstić information content (AvgIpc) is 2.94. The van der Waals surface area contributed by atoms with Crippen molar-refractivity contribution in [2.75, 3.05) is 0 Å². The van der Waals surface area contributed by atoms with Crippen LogP contribution in [0.25, 0.3) is 0 Å². The van der Waals surface area contributed by atoms with Crippen LogP contribution in [-0.2, 0) is 23.6 Å². The fraction of sp³-hybridized carbons (Fsp3) is 0.273. The Bertz CT molecular complexity index is 744. The van der Waals surface area contributed by atoms with Gasteiger partial charge in [-0.05, 0) is 19.1 Å². The summed E-state index contributed by atoms with van der Waals surface area (Å²) in [6, 6.07) is 2.19. The van der Waals surface area contributed by atoms with Gasteiger partial charge in [0.2, 0.25) is 10.9 Å². The molecular weight excluding hydrogens is 286 g/mol. The van der Waals surface area contributed by atoms with Crippen molar-refractivity contribution in [3.8, 4) is 0 Å². The maximum atomic E-state index is 11.9. The Labute approximate surface area is 115 Å². The summed E-state index contributed by atoms with van der Waals surface area (Å²) in [5.74, 6) is -1.75. The van der Waals surface area contributed by atoms with E-state index in [0.29, 0.717) is 5.69 Å². The van der Waals surface area contributed by atoms with E-state index < -0.39 is 26.8 Å². The molecule has 0 radical (unpaired) electrons. The van der Waals surface area contributed by atoms with Crippen LogP contribution in [0.3, 0.4) is 0 Å². The van der Waals surface area contributed by atoms with E-state index in [2.05, 4.69) is 9.82 Å². The van der Waals surface area contributed by atoms with Gasteiger partial charge in [0.25, 0.3) is 10.0 Å². The Morgan fingerprint density at radius 1 is 1.50 bits per heavy atom. The molecule has 0 spiro atoms. The molecule has 2 aromatic rings. The summed E-state index contributed by atoms with van der Waals surface area (Å²) in [5, 5.41) is 12.3. The van der Waals surface area contributed by atoms with Crippen molar-refractivity contribution in [3.05, 3.63) is 35.3 Å². The number of sulfonamides is 1. The molecule has 2 rings (SSSR count). The summed E-state index contributed by atoms with van der Waals surface area (Å²) >= 11 is 0. The number of nitrogens with zero attached hydrogens (tertiary/aromatic N) is 2. The molecule has 0 unspecified atom stereocenters. The Kier molecular flexibility index (Phi) is 3.64. The maximum absolute atomic E-state index is 11.9. The van der Waals surface area contributed by atoms with Gasteiger partial charge in [0.05, 0.1) is 5.69 Å². The molecule has 2 N–H and O–H groups in total. The quantitative estimate of drug-likeness (QED) is 0.830. The SMILES string of the molecule is Cc1nn(C)cc1CNS(=O)(=O)c1ccc(C(=O)O)o1. The van der Waals surface area contributed by atoms with Crippen LogP contribution >= 0.6 is 0 Å². The van der Waals surface area contributed by atoms with Crippen molar-refractivity contribution >= 4 is 16.0 Å². The van der Waals surface area contributed by atoms with Crippen molar-refractivity contribution in [2.24, 2.45) is 7.05 Å². The monoisotopic (exact) mass is 299 g/mol. The summed E-state index contributed by atoms with van der Waals surface area (Å²) in [6.45, 7) is 1.81. The molecule has 2 aromatic heterocycles. The first-order chi connectivity index (χ1) is 9.29. The number of rotatable bonds is 5. The molecule has 0 aliphatic rings. The summed E-state index contributed by atoms with van der Waals surface area (Å²) in [6.07, 6.45) is 1.70. The Balaban J connectivity index is 2.14. The molecule has 9 heteroatoms. The number of aromatic nitrogens is 2. The van der Waals surface area contributed by atoms with E-state index in [1.165, 1.54) is 0 Å². The third-order valence-corrected chi connectivity index (χ3v) is 3.90. The van der Waals surface area contributed by atoms with Crippen LogP contribution in [0, 0.1) is 6.92 Å². The number of carbonyl (C=O) groups is 1. The van der Waals surface area contributed by atoms with E-state index in [9.17, 15) is 13.2 Å². The molecular formula is C11H13N3O5S. The van der Waals surface area contributed by atoms with E-state index in [1.807, 2.05) is 0 Å². The van der Waals surface area contributed by atoms with Crippen molar-refractivity contribution in [3.63, 3.8) is 0 Å². The van der Waals surface area contributed by atoms with E-state index in [1.54, 1.807) is 24.9 Å². The second kappa shape index (κ2) is 5.10. The first-order valence-electron chi connectivity index (χ1n) is 5.61. The lowest BCUT2D eigenvalue weighted by Crippen LogP contribution is -2.23. The van der Waals surface area contributed by atoms with Gasteiger partial charge in [0.1, 0.15) is 0 Å². The number of hydrogen-bond donors (Lipinski definition) is 2. The number of hydrogen-bond acceptors (Lipinski definition) is 5. The smallest absolute Gasteiger partial charge is 0.371 e. The highest BCUT2D eigenvalue weighted by atomic mass is 32.2. The molecule has 2 heterocycles. The topological polar surface area (TPSA) is 114 Å². The van der Waals surface area contributed by atoms with Gasteiger partial charge in [-0.1, -0.05) is 0 Å². The highest BCUT2D eigenvalue weighted by Gasteiger charge is 2.21. The van der Waals surface area contributed by atoms with Gasteiger partial charge in [0.15, 0.2) is 0 Å². The highest BCUT2D eigenvalue weighted by Crippen LogP contribution is 2.14. The first-order valence-corrected chi connectivity index (χ1v) is 7.10. The second-order valence-corrected chi connectivity index (χ2v) is 5.86. The lowest BCUT2D eigenvalue weighted by atomic mass is 10.3. The molecule has 108 valence electrons.